The van der Waals surface area contributed by atoms with Gasteiger partial charge in [-0.05, 0) is 38.1 Å². The summed E-state index contributed by atoms with van der Waals surface area (Å²) in [5, 5.41) is 8.82. The molecule has 28 heavy (non-hydrogen) atoms. The SMILES string of the molecule is CCOc1ccccc1NC(=O)NCCNc1cc(-n2cccc2)nc(C)n1. The molecule has 2 aromatic heterocycles. The van der Waals surface area contributed by atoms with Crippen molar-refractivity contribution in [3.63, 3.8) is 0 Å². The number of urea groups is 1. The van der Waals surface area contributed by atoms with E-state index in [2.05, 4.69) is 25.9 Å². The number of para-hydroxylation sites is 2. The first-order chi connectivity index (χ1) is 13.7. The van der Waals surface area contributed by atoms with E-state index in [1.165, 1.54) is 0 Å². The molecule has 0 atom stereocenters. The van der Waals surface area contributed by atoms with Crippen molar-refractivity contribution in [2.45, 2.75) is 13.8 Å². The zero-order valence-corrected chi connectivity index (χ0v) is 16.0. The molecule has 2 heterocycles. The first-order valence-electron chi connectivity index (χ1n) is 9.15. The van der Waals surface area contributed by atoms with Gasteiger partial charge in [0.25, 0.3) is 0 Å². The number of hydrogen-bond donors (Lipinski definition) is 3. The molecule has 0 aliphatic heterocycles. The fourth-order valence-corrected chi connectivity index (χ4v) is 2.65. The lowest BCUT2D eigenvalue weighted by atomic mass is 10.3. The number of anilines is 2. The molecule has 146 valence electrons. The number of nitrogens with zero attached hydrogens (tertiary/aromatic N) is 3. The van der Waals surface area contributed by atoms with Gasteiger partial charge in [-0.3, -0.25) is 0 Å². The number of hydrogen-bond acceptors (Lipinski definition) is 5. The molecule has 8 nitrogen and oxygen atoms in total. The van der Waals surface area contributed by atoms with Crippen LogP contribution in [0.4, 0.5) is 16.3 Å². The third-order valence-corrected chi connectivity index (χ3v) is 3.85. The van der Waals surface area contributed by atoms with Gasteiger partial charge in [-0.2, -0.15) is 0 Å². The van der Waals surface area contributed by atoms with Crippen LogP contribution in [0.2, 0.25) is 0 Å². The minimum absolute atomic E-state index is 0.291. The second-order valence-electron chi connectivity index (χ2n) is 5.99. The molecular formula is C20H24N6O2. The molecule has 0 spiro atoms. The van der Waals surface area contributed by atoms with Crippen molar-refractivity contribution in [2.75, 3.05) is 30.3 Å². The Kier molecular flexibility index (Phi) is 6.46. The van der Waals surface area contributed by atoms with Crippen molar-refractivity contribution in [1.82, 2.24) is 19.9 Å². The van der Waals surface area contributed by atoms with E-state index in [0.717, 1.165) is 5.82 Å². The highest BCUT2D eigenvalue weighted by atomic mass is 16.5. The van der Waals surface area contributed by atoms with Crippen LogP contribution in [0.5, 0.6) is 5.75 Å². The van der Waals surface area contributed by atoms with E-state index in [1.54, 1.807) is 6.07 Å². The molecule has 0 saturated heterocycles. The molecular weight excluding hydrogens is 356 g/mol. The van der Waals surface area contributed by atoms with E-state index in [1.807, 2.05) is 67.2 Å². The maximum Gasteiger partial charge on any atom is 0.319 e. The Morgan fingerprint density at radius 1 is 1.11 bits per heavy atom. The zero-order chi connectivity index (χ0) is 19.8. The average Bonchev–Trinajstić information content (AvgIpc) is 3.22. The van der Waals surface area contributed by atoms with Gasteiger partial charge in [-0.15, -0.1) is 0 Å². The van der Waals surface area contributed by atoms with Crippen molar-refractivity contribution in [3.8, 4) is 11.6 Å². The summed E-state index contributed by atoms with van der Waals surface area (Å²) in [7, 11) is 0. The van der Waals surface area contributed by atoms with E-state index in [0.29, 0.717) is 42.8 Å². The van der Waals surface area contributed by atoms with Crippen LogP contribution < -0.4 is 20.7 Å². The molecule has 0 aliphatic rings. The minimum Gasteiger partial charge on any atom is -0.492 e. The number of carbonyl (C=O) groups is 1. The lowest BCUT2D eigenvalue weighted by Crippen LogP contribution is -2.32. The molecule has 0 saturated carbocycles. The van der Waals surface area contributed by atoms with Crippen LogP contribution >= 0.6 is 0 Å². The summed E-state index contributed by atoms with van der Waals surface area (Å²) in [4.78, 5) is 20.9. The van der Waals surface area contributed by atoms with Gasteiger partial charge in [0, 0.05) is 31.5 Å². The molecule has 3 rings (SSSR count). The predicted molar refractivity (Wildman–Crippen MR) is 109 cm³/mol. The maximum atomic E-state index is 12.1. The lowest BCUT2D eigenvalue weighted by Gasteiger charge is -2.13. The van der Waals surface area contributed by atoms with Gasteiger partial charge in [0.15, 0.2) is 0 Å². The molecule has 2 amide bonds. The molecule has 3 aromatic rings. The Morgan fingerprint density at radius 3 is 2.68 bits per heavy atom. The van der Waals surface area contributed by atoms with Crippen molar-refractivity contribution in [3.05, 3.63) is 60.7 Å². The molecule has 0 bridgehead atoms. The Balaban J connectivity index is 1.49. The lowest BCUT2D eigenvalue weighted by molar-refractivity contribution is 0.252. The van der Waals surface area contributed by atoms with Crippen LogP contribution in [0, 0.1) is 6.92 Å². The number of ether oxygens (including phenoxy) is 1. The number of carbonyl (C=O) groups excluding carboxylic acids is 1. The summed E-state index contributed by atoms with van der Waals surface area (Å²) in [6.45, 7) is 5.25. The fraction of sp³-hybridized carbons (Fsp3) is 0.250. The first-order valence-corrected chi connectivity index (χ1v) is 9.15. The van der Waals surface area contributed by atoms with Crippen LogP contribution in [-0.4, -0.2) is 40.3 Å². The van der Waals surface area contributed by atoms with Gasteiger partial charge in [-0.1, -0.05) is 12.1 Å². The van der Waals surface area contributed by atoms with Crippen LogP contribution in [-0.2, 0) is 0 Å². The summed E-state index contributed by atoms with van der Waals surface area (Å²) in [5.74, 6) is 2.82. The van der Waals surface area contributed by atoms with E-state index >= 15 is 0 Å². The fourth-order valence-electron chi connectivity index (χ4n) is 2.65. The topological polar surface area (TPSA) is 93.1 Å². The van der Waals surface area contributed by atoms with E-state index < -0.39 is 0 Å². The smallest absolute Gasteiger partial charge is 0.319 e. The highest BCUT2D eigenvalue weighted by Crippen LogP contribution is 2.23. The molecule has 8 heteroatoms. The molecule has 3 N–H and O–H groups in total. The summed E-state index contributed by atoms with van der Waals surface area (Å²) in [6, 6.07) is 12.8. The maximum absolute atomic E-state index is 12.1. The van der Waals surface area contributed by atoms with Gasteiger partial charge in [0.05, 0.1) is 12.3 Å². The van der Waals surface area contributed by atoms with E-state index in [4.69, 9.17) is 4.74 Å². The van der Waals surface area contributed by atoms with Gasteiger partial charge in [-0.25, -0.2) is 14.8 Å². The summed E-state index contributed by atoms with van der Waals surface area (Å²) < 4.78 is 7.42. The zero-order valence-electron chi connectivity index (χ0n) is 16.0. The van der Waals surface area contributed by atoms with Crippen molar-refractivity contribution in [1.29, 1.82) is 0 Å². The van der Waals surface area contributed by atoms with Gasteiger partial charge >= 0.3 is 6.03 Å². The van der Waals surface area contributed by atoms with E-state index in [-0.39, 0.29) is 6.03 Å². The Morgan fingerprint density at radius 2 is 1.89 bits per heavy atom. The van der Waals surface area contributed by atoms with Crippen molar-refractivity contribution < 1.29 is 9.53 Å². The van der Waals surface area contributed by atoms with Gasteiger partial charge in [0.1, 0.15) is 23.2 Å². The highest BCUT2D eigenvalue weighted by molar-refractivity contribution is 5.90. The summed E-state index contributed by atoms with van der Waals surface area (Å²) in [6.07, 6.45) is 3.86. The van der Waals surface area contributed by atoms with Crippen LogP contribution in [0.15, 0.2) is 54.9 Å². The minimum atomic E-state index is -0.291. The van der Waals surface area contributed by atoms with Crippen molar-refractivity contribution >= 4 is 17.5 Å². The number of nitrogens with one attached hydrogen (secondary N) is 3. The molecule has 0 unspecified atom stereocenters. The Labute approximate surface area is 164 Å². The largest absolute Gasteiger partial charge is 0.492 e. The van der Waals surface area contributed by atoms with Gasteiger partial charge < -0.3 is 25.3 Å². The Bertz CT molecular complexity index is 911. The summed E-state index contributed by atoms with van der Waals surface area (Å²) >= 11 is 0. The third kappa shape index (κ3) is 5.23. The molecule has 0 radical (unpaired) electrons. The van der Waals surface area contributed by atoms with Crippen LogP contribution in [0.1, 0.15) is 12.7 Å². The predicted octanol–water partition coefficient (Wildman–Crippen LogP) is 3.21. The quantitative estimate of drug-likeness (QED) is 0.522. The molecule has 1 aromatic carbocycles. The first kappa shape index (κ1) is 19.2. The third-order valence-electron chi connectivity index (χ3n) is 3.85. The molecule has 0 aliphatic carbocycles. The van der Waals surface area contributed by atoms with Crippen molar-refractivity contribution in [2.24, 2.45) is 0 Å². The summed E-state index contributed by atoms with van der Waals surface area (Å²) in [5.41, 5.74) is 0.637. The van der Waals surface area contributed by atoms with Crippen LogP contribution in [0.3, 0.4) is 0 Å². The average molecular weight is 380 g/mol. The number of benzene rings is 1. The monoisotopic (exact) mass is 380 g/mol. The second-order valence-corrected chi connectivity index (χ2v) is 5.99. The van der Waals surface area contributed by atoms with E-state index in [9.17, 15) is 4.79 Å². The molecule has 0 fully saturated rings. The number of amides is 2. The second kappa shape index (κ2) is 9.40. The van der Waals surface area contributed by atoms with Gasteiger partial charge in [0.2, 0.25) is 0 Å². The highest BCUT2D eigenvalue weighted by Gasteiger charge is 2.07. The van der Waals surface area contributed by atoms with Crippen LogP contribution in [0.25, 0.3) is 5.82 Å². The number of rotatable bonds is 8. The number of aryl methyl sites for hydroxylation is 1. The number of aromatic nitrogens is 3. The standard InChI is InChI=1S/C20H24N6O2/c1-3-28-17-9-5-4-8-16(17)25-20(27)22-11-10-21-18-14-19(24-15(2)23-18)26-12-6-7-13-26/h4-9,12-14H,3,10-11H2,1-2H3,(H,21,23,24)(H2,22,25,27). The Hall–Kier alpha value is -3.55. The normalized spacial score (nSPS) is 10.4.